The molecule has 4 aromatic rings. The summed E-state index contributed by atoms with van der Waals surface area (Å²) in [6.45, 7) is 1.19. The van der Waals surface area contributed by atoms with Crippen molar-refractivity contribution in [3.63, 3.8) is 0 Å². The van der Waals surface area contributed by atoms with Gasteiger partial charge in [-0.1, -0.05) is 0 Å². The smallest absolute Gasteiger partial charge is 0.387 e. The largest absolute Gasteiger partial charge is 0.435 e. The van der Waals surface area contributed by atoms with Gasteiger partial charge >= 0.3 is 6.61 Å². The first-order valence-corrected chi connectivity index (χ1v) is 14.0. The first-order chi connectivity index (χ1) is 20.8. The van der Waals surface area contributed by atoms with Crippen LogP contribution in [0.5, 0.6) is 5.75 Å². The maximum Gasteiger partial charge on any atom is 0.387 e. The van der Waals surface area contributed by atoms with Crippen molar-refractivity contribution in [2.24, 2.45) is 0 Å². The van der Waals surface area contributed by atoms with E-state index in [0.29, 0.717) is 56.2 Å². The number of aliphatic hydroxyl groups excluding tert-OH is 1. The molecule has 0 unspecified atom stereocenters. The number of anilines is 2. The van der Waals surface area contributed by atoms with Gasteiger partial charge in [0.25, 0.3) is 5.91 Å². The first-order valence-electron chi connectivity index (χ1n) is 14.0. The van der Waals surface area contributed by atoms with E-state index in [1.807, 2.05) is 23.5 Å². The van der Waals surface area contributed by atoms with Gasteiger partial charge in [-0.05, 0) is 61.4 Å². The number of fused-ring (bicyclic) bond motifs is 1. The maximum absolute atomic E-state index is 13.3. The standard InChI is InChI=1S/C30H31F2N7O4.2ClH/c1-18-14-20(4-7-23(18)28(41)37-10-12-38(13-11-37)29(42)24-15-21(40)16-34-24)36-26-27-35-17-25(39(27)9-8-33-26)19-2-5-22(6-3-19)43-30(31)32;;/h2-9,14,17,21,24,30,34,40H,10-13,15-16H2,1H3,(H,33,36);2*1H/t21-,24-;;/m0../s1. The van der Waals surface area contributed by atoms with Crippen molar-refractivity contribution < 1.29 is 28.2 Å². The van der Waals surface area contributed by atoms with Gasteiger partial charge in [-0.15, -0.1) is 24.8 Å². The zero-order valence-corrected chi connectivity index (χ0v) is 25.9. The minimum absolute atomic E-state index is 0. The molecule has 0 radical (unpaired) electrons. The van der Waals surface area contributed by atoms with Gasteiger partial charge in [-0.3, -0.25) is 14.0 Å². The molecule has 3 N–H and O–H groups in total. The molecule has 2 atom stereocenters. The second kappa shape index (κ2) is 14.4. The van der Waals surface area contributed by atoms with E-state index < -0.39 is 12.7 Å². The number of hydrogen-bond acceptors (Lipinski definition) is 8. The van der Waals surface area contributed by atoms with Gasteiger partial charge in [-0.25, -0.2) is 9.97 Å². The molecule has 2 aliphatic heterocycles. The number of ether oxygens (including phenoxy) is 1. The predicted molar refractivity (Wildman–Crippen MR) is 169 cm³/mol. The Labute approximate surface area is 270 Å². The molecule has 0 saturated carbocycles. The van der Waals surface area contributed by atoms with Crippen LogP contribution in [0.4, 0.5) is 20.3 Å². The number of aryl methyl sites for hydroxylation is 1. The summed E-state index contributed by atoms with van der Waals surface area (Å²) in [5.41, 5.74) is 4.19. The Bertz CT molecular complexity index is 1650. The number of amides is 2. The third-order valence-corrected chi connectivity index (χ3v) is 7.81. The number of β-amino-alcohol motifs (C(OH)–C–C–N with tert-alkyl or cyclic N) is 1. The summed E-state index contributed by atoms with van der Waals surface area (Å²) >= 11 is 0. The molecule has 2 aromatic carbocycles. The van der Waals surface area contributed by atoms with Crippen LogP contribution in [-0.2, 0) is 4.79 Å². The van der Waals surface area contributed by atoms with E-state index in [4.69, 9.17) is 0 Å². The lowest BCUT2D eigenvalue weighted by Crippen LogP contribution is -2.54. The van der Waals surface area contributed by atoms with Crippen molar-refractivity contribution in [2.75, 3.05) is 38.0 Å². The van der Waals surface area contributed by atoms with E-state index in [0.717, 1.165) is 22.5 Å². The Hall–Kier alpha value is -4.04. The van der Waals surface area contributed by atoms with Crippen molar-refractivity contribution in [3.8, 4) is 17.0 Å². The summed E-state index contributed by atoms with van der Waals surface area (Å²) in [6, 6.07) is 11.4. The van der Waals surface area contributed by atoms with Crippen molar-refractivity contribution in [2.45, 2.75) is 32.1 Å². The summed E-state index contributed by atoms with van der Waals surface area (Å²) in [7, 11) is 0. The Balaban J connectivity index is 0.00000230. The van der Waals surface area contributed by atoms with Crippen molar-refractivity contribution >= 4 is 53.8 Å². The summed E-state index contributed by atoms with van der Waals surface area (Å²) in [5, 5.41) is 16.1. The number of imidazole rings is 1. The highest BCUT2D eigenvalue weighted by Crippen LogP contribution is 2.28. The Morgan fingerprint density at radius 2 is 1.76 bits per heavy atom. The van der Waals surface area contributed by atoms with E-state index in [2.05, 4.69) is 25.3 Å². The molecule has 240 valence electrons. The number of aliphatic hydroxyl groups is 1. The number of carbonyl (C=O) groups excluding carboxylic acids is 2. The number of nitrogens with zero attached hydrogens (tertiary/aromatic N) is 5. The van der Waals surface area contributed by atoms with E-state index >= 15 is 0 Å². The fraction of sp³-hybridized carbons (Fsp3) is 0.333. The van der Waals surface area contributed by atoms with Crippen LogP contribution in [0.3, 0.4) is 0 Å². The van der Waals surface area contributed by atoms with Gasteiger partial charge in [-0.2, -0.15) is 8.78 Å². The number of benzene rings is 2. The number of nitrogens with one attached hydrogen (secondary N) is 2. The number of carbonyl (C=O) groups is 2. The number of rotatable bonds is 7. The van der Waals surface area contributed by atoms with Gasteiger partial charge in [0.05, 0.1) is 24.0 Å². The van der Waals surface area contributed by atoms with Crippen LogP contribution in [0.25, 0.3) is 16.9 Å². The molecule has 0 bridgehead atoms. The summed E-state index contributed by atoms with van der Waals surface area (Å²) < 4.78 is 31.3. The van der Waals surface area contributed by atoms with Crippen LogP contribution < -0.4 is 15.4 Å². The molecular formula is C30H33Cl2F2N7O4. The zero-order chi connectivity index (χ0) is 30.1. The molecule has 15 heteroatoms. The summed E-state index contributed by atoms with van der Waals surface area (Å²) in [5.74, 6) is 0.467. The number of alkyl halides is 2. The molecule has 2 aliphatic rings. The van der Waals surface area contributed by atoms with Gasteiger partial charge in [0.15, 0.2) is 11.5 Å². The molecule has 0 spiro atoms. The molecule has 11 nitrogen and oxygen atoms in total. The monoisotopic (exact) mass is 663 g/mol. The average Bonchev–Trinajstić information content (AvgIpc) is 3.64. The molecule has 2 fully saturated rings. The third kappa shape index (κ3) is 7.28. The lowest BCUT2D eigenvalue weighted by atomic mass is 10.1. The van der Waals surface area contributed by atoms with Gasteiger partial charge < -0.3 is 30.3 Å². The van der Waals surface area contributed by atoms with Crippen LogP contribution in [-0.4, -0.2) is 92.6 Å². The molecular weight excluding hydrogens is 631 g/mol. The SMILES string of the molecule is Cc1cc(Nc2nccn3c(-c4ccc(OC(F)F)cc4)cnc23)ccc1C(=O)N1CCN(C(=O)[C@@H]2C[C@H](O)CN2)CC1.Cl.Cl. The number of aromatic nitrogens is 3. The first kappa shape index (κ1) is 33.8. The molecule has 2 amide bonds. The molecule has 4 heterocycles. The molecule has 6 rings (SSSR count). The quantitative estimate of drug-likeness (QED) is 0.272. The Morgan fingerprint density at radius 1 is 1.04 bits per heavy atom. The van der Waals surface area contributed by atoms with E-state index in [9.17, 15) is 23.5 Å². The second-order valence-corrected chi connectivity index (χ2v) is 10.6. The van der Waals surface area contributed by atoms with Gasteiger partial charge in [0.2, 0.25) is 5.91 Å². The van der Waals surface area contributed by atoms with Crippen LogP contribution in [0.15, 0.2) is 61.1 Å². The lowest BCUT2D eigenvalue weighted by molar-refractivity contribution is -0.134. The van der Waals surface area contributed by atoms with Gasteiger partial charge in [0.1, 0.15) is 5.75 Å². The lowest BCUT2D eigenvalue weighted by Gasteiger charge is -2.36. The highest BCUT2D eigenvalue weighted by atomic mass is 35.5. The highest BCUT2D eigenvalue weighted by molar-refractivity contribution is 5.96. The van der Waals surface area contributed by atoms with Crippen LogP contribution in [0, 0.1) is 6.92 Å². The van der Waals surface area contributed by atoms with E-state index in [1.165, 1.54) is 12.1 Å². The minimum atomic E-state index is -2.89. The van der Waals surface area contributed by atoms with E-state index in [1.54, 1.807) is 46.6 Å². The van der Waals surface area contributed by atoms with Crippen molar-refractivity contribution in [3.05, 3.63) is 72.2 Å². The third-order valence-electron chi connectivity index (χ3n) is 7.81. The van der Waals surface area contributed by atoms with Crippen molar-refractivity contribution in [1.29, 1.82) is 0 Å². The topological polar surface area (TPSA) is 124 Å². The molecule has 2 saturated heterocycles. The van der Waals surface area contributed by atoms with Crippen molar-refractivity contribution in [1.82, 2.24) is 29.5 Å². The second-order valence-electron chi connectivity index (χ2n) is 10.6. The molecule has 2 aromatic heterocycles. The van der Waals surface area contributed by atoms with Crippen LogP contribution in [0.1, 0.15) is 22.3 Å². The highest BCUT2D eigenvalue weighted by Gasteiger charge is 2.33. The predicted octanol–water partition coefficient (Wildman–Crippen LogP) is 3.90. The fourth-order valence-corrected chi connectivity index (χ4v) is 5.57. The number of hydrogen-bond donors (Lipinski definition) is 3. The van der Waals surface area contributed by atoms with Crippen LogP contribution >= 0.6 is 24.8 Å². The Kier molecular flexibility index (Phi) is 10.8. The number of piperazine rings is 1. The minimum Gasteiger partial charge on any atom is -0.435 e. The normalized spacial score (nSPS) is 18.0. The van der Waals surface area contributed by atoms with Crippen LogP contribution in [0.2, 0.25) is 0 Å². The number of halogens is 4. The zero-order valence-electron chi connectivity index (χ0n) is 24.2. The summed E-state index contributed by atoms with van der Waals surface area (Å²) in [4.78, 5) is 38.6. The average molecular weight is 665 g/mol. The molecule has 0 aliphatic carbocycles. The summed E-state index contributed by atoms with van der Waals surface area (Å²) in [6.07, 6.45) is 4.99. The fourth-order valence-electron chi connectivity index (χ4n) is 5.57. The molecule has 45 heavy (non-hydrogen) atoms. The van der Waals surface area contributed by atoms with E-state index in [-0.39, 0.29) is 48.4 Å². The Morgan fingerprint density at radius 3 is 2.40 bits per heavy atom. The van der Waals surface area contributed by atoms with Gasteiger partial charge in [0, 0.05) is 61.9 Å². The maximum atomic E-state index is 13.3.